The molecule has 0 unspecified atom stereocenters. The number of rotatable bonds is 22. The molecular weight excluding hydrogens is 572 g/mol. The molecule has 0 radical (unpaired) electrons. The van der Waals surface area contributed by atoms with E-state index in [2.05, 4.69) is 96.9 Å². The van der Waals surface area contributed by atoms with Gasteiger partial charge in [0.1, 0.15) is 0 Å². The van der Waals surface area contributed by atoms with Gasteiger partial charge in [-0.1, -0.05) is 0 Å². The van der Waals surface area contributed by atoms with Gasteiger partial charge < -0.3 is 0 Å². The third-order valence-electron chi connectivity index (χ3n) is 6.33. The molecule has 0 fully saturated rings. The van der Waals surface area contributed by atoms with Crippen LogP contribution in [0.1, 0.15) is 110 Å². The summed E-state index contributed by atoms with van der Waals surface area (Å²) in [6, 6.07) is 6.94. The molecule has 0 spiro atoms. The fourth-order valence-electron chi connectivity index (χ4n) is 6.38. The van der Waals surface area contributed by atoms with Crippen molar-refractivity contribution >= 4 is 16.6 Å². The predicted molar refractivity (Wildman–Crippen MR) is 164 cm³/mol. The summed E-state index contributed by atoms with van der Waals surface area (Å²) in [6.07, 6.45) is 1.92. The summed E-state index contributed by atoms with van der Waals surface area (Å²) >= 11 is -4.41. The Hall–Kier alpha value is 1.16. The van der Waals surface area contributed by atoms with Crippen molar-refractivity contribution in [2.75, 3.05) is 13.2 Å². The third-order valence-corrected chi connectivity index (χ3v) is 29.9. The maximum absolute atomic E-state index is 7.68. The fraction of sp³-hybridized carbons (Fsp3) is 1.00. The van der Waals surface area contributed by atoms with E-state index in [1.54, 1.807) is 0 Å². The van der Waals surface area contributed by atoms with Crippen LogP contribution in [-0.4, -0.2) is 29.8 Å². The summed E-state index contributed by atoms with van der Waals surface area (Å²) < 4.78 is 29.1. The molecule has 4 nitrogen and oxygen atoms in total. The summed E-state index contributed by atoms with van der Waals surface area (Å²) in [5.41, 5.74) is 0. The van der Waals surface area contributed by atoms with E-state index in [-0.39, 0.29) is 0 Å². The molecule has 0 aromatic rings. The van der Waals surface area contributed by atoms with Crippen molar-refractivity contribution in [1.29, 1.82) is 0 Å². The Labute approximate surface area is 242 Å². The van der Waals surface area contributed by atoms with Gasteiger partial charge in [0, 0.05) is 0 Å². The van der Waals surface area contributed by atoms with Gasteiger partial charge >= 0.3 is 244 Å². The molecular formula is C30H68O4Si2Zr. The van der Waals surface area contributed by atoms with E-state index in [1.165, 1.54) is 0 Å². The Kier molecular flexibility index (Phi) is 19.1. The van der Waals surface area contributed by atoms with E-state index in [4.69, 9.17) is 10.6 Å². The second-order valence-electron chi connectivity index (χ2n) is 14.4. The summed E-state index contributed by atoms with van der Waals surface area (Å²) in [5, 5.41) is 0. The average Bonchev–Trinajstić information content (AvgIpc) is 2.66. The van der Waals surface area contributed by atoms with Gasteiger partial charge in [0.15, 0.2) is 0 Å². The second-order valence-corrected chi connectivity index (χ2v) is 28.8. The van der Waals surface area contributed by atoms with Crippen molar-refractivity contribution in [3.63, 3.8) is 0 Å². The van der Waals surface area contributed by atoms with Gasteiger partial charge in [-0.2, -0.15) is 0 Å². The standard InChI is InChI=1S/2C12H27OSi.2C3H7O.Zr/c2*1-10(2)7-14(13,8-11(3)4)9-12(5)6;2*1-2-3-4;/h2*10-12H,7-9H2,1-6H3;2*2-3H2,1H3;/q4*-1;+4. The van der Waals surface area contributed by atoms with Gasteiger partial charge in [0.25, 0.3) is 0 Å². The fourth-order valence-corrected chi connectivity index (χ4v) is 34.9. The average molecular weight is 640 g/mol. The molecule has 224 valence electrons. The molecule has 0 heterocycles. The monoisotopic (exact) mass is 638 g/mol. The van der Waals surface area contributed by atoms with Crippen molar-refractivity contribution in [3.05, 3.63) is 0 Å². The molecule has 0 amide bonds. The first-order valence-electron chi connectivity index (χ1n) is 15.7. The molecule has 0 aromatic carbocycles. The predicted octanol–water partition coefficient (Wildman–Crippen LogP) is 10.5. The summed E-state index contributed by atoms with van der Waals surface area (Å²) in [7, 11) is -4.40. The van der Waals surface area contributed by atoms with Crippen LogP contribution in [0.3, 0.4) is 0 Å². The zero-order chi connectivity index (χ0) is 28.9. The van der Waals surface area contributed by atoms with Gasteiger partial charge in [-0.3, -0.25) is 0 Å². The molecule has 0 aliphatic carbocycles. The van der Waals surface area contributed by atoms with Crippen LogP contribution in [0.2, 0.25) is 36.3 Å². The number of hydrogen-bond donors (Lipinski definition) is 0. The van der Waals surface area contributed by atoms with Crippen LogP contribution in [0.25, 0.3) is 0 Å². The molecule has 0 aliphatic heterocycles. The Morgan fingerprint density at radius 2 is 0.649 bits per heavy atom. The van der Waals surface area contributed by atoms with Crippen LogP contribution in [-0.2, 0) is 32.7 Å². The zero-order valence-electron chi connectivity index (χ0n) is 27.7. The van der Waals surface area contributed by atoms with Crippen LogP contribution in [0, 0.1) is 35.5 Å². The third kappa shape index (κ3) is 16.3. The molecule has 0 bridgehead atoms. The van der Waals surface area contributed by atoms with E-state index in [0.717, 1.165) is 49.1 Å². The Morgan fingerprint density at radius 3 is 0.811 bits per heavy atom. The maximum atomic E-state index is 7.68. The van der Waals surface area contributed by atoms with Crippen LogP contribution in [0.4, 0.5) is 0 Å². The molecule has 37 heavy (non-hydrogen) atoms. The van der Waals surface area contributed by atoms with Crippen LogP contribution < -0.4 is 0 Å². The molecule has 7 heteroatoms. The van der Waals surface area contributed by atoms with Gasteiger partial charge in [0.05, 0.1) is 0 Å². The van der Waals surface area contributed by atoms with E-state index in [0.29, 0.717) is 48.7 Å². The minimum atomic E-state index is -4.41. The van der Waals surface area contributed by atoms with Crippen LogP contribution >= 0.6 is 0 Å². The van der Waals surface area contributed by atoms with E-state index in [1.807, 2.05) is 0 Å². The topological polar surface area (TPSA) is 36.9 Å². The second kappa shape index (κ2) is 18.6. The molecule has 0 rings (SSSR count). The van der Waals surface area contributed by atoms with Crippen molar-refractivity contribution in [2.24, 2.45) is 35.5 Å². The molecule has 0 N–H and O–H groups in total. The van der Waals surface area contributed by atoms with E-state index in [9.17, 15) is 0 Å². The molecule has 0 atom stereocenters. The van der Waals surface area contributed by atoms with Gasteiger partial charge in [-0.15, -0.1) is 0 Å². The Balaban J connectivity index is 7.01. The molecule has 0 saturated heterocycles. The van der Waals surface area contributed by atoms with Crippen LogP contribution in [0.5, 0.6) is 0 Å². The Morgan fingerprint density at radius 1 is 0.432 bits per heavy atom. The van der Waals surface area contributed by atoms with Gasteiger partial charge in [0.2, 0.25) is 0 Å². The first kappa shape index (κ1) is 38.2. The first-order valence-corrected chi connectivity index (χ1v) is 24.8. The van der Waals surface area contributed by atoms with Crippen molar-refractivity contribution < 1.29 is 32.7 Å². The van der Waals surface area contributed by atoms with Gasteiger partial charge in [-0.25, -0.2) is 0 Å². The SMILES string of the molecule is CCC[O][Zr]([O]CCC)([O][Si](CC(C)C)(CC(C)C)CC(C)C)[O][Si](CC(C)C)(CC(C)C)CC(C)C. The van der Waals surface area contributed by atoms with Crippen molar-refractivity contribution in [2.45, 2.75) is 146 Å². The van der Waals surface area contributed by atoms with E-state index < -0.39 is 38.7 Å². The summed E-state index contributed by atoms with van der Waals surface area (Å²) in [5.74, 6) is 3.55. The Bertz CT molecular complexity index is 479. The molecule has 0 aliphatic rings. The molecule has 0 saturated carbocycles. The minimum absolute atomic E-state index is 0.592. The summed E-state index contributed by atoms with van der Waals surface area (Å²) in [4.78, 5) is 0. The number of hydrogen-bond acceptors (Lipinski definition) is 4. The van der Waals surface area contributed by atoms with Crippen LogP contribution in [0.15, 0.2) is 0 Å². The quantitative estimate of drug-likeness (QED) is 0.110. The van der Waals surface area contributed by atoms with Crippen molar-refractivity contribution in [1.82, 2.24) is 0 Å². The summed E-state index contributed by atoms with van der Waals surface area (Å²) in [6.45, 7) is 34.0. The molecule has 0 aromatic heterocycles. The zero-order valence-corrected chi connectivity index (χ0v) is 32.1. The van der Waals surface area contributed by atoms with Gasteiger partial charge in [-0.05, 0) is 0 Å². The first-order chi connectivity index (χ1) is 17.0. The van der Waals surface area contributed by atoms with Crippen molar-refractivity contribution in [3.8, 4) is 0 Å². The van der Waals surface area contributed by atoms with E-state index >= 15 is 0 Å². The normalized spacial score (nSPS) is 13.9.